The molecule has 0 aromatic carbocycles. The molecule has 0 N–H and O–H groups in total. The molecule has 1 aromatic rings. The van der Waals surface area contributed by atoms with Gasteiger partial charge in [-0.1, -0.05) is 0 Å². The van der Waals surface area contributed by atoms with Crippen LogP contribution in [0.1, 0.15) is 6.92 Å². The quantitative estimate of drug-likeness (QED) is 0.701. The second-order valence-corrected chi connectivity index (χ2v) is 3.43. The minimum Gasteiger partial charge on any atom is -0.491 e. The van der Waals surface area contributed by atoms with Gasteiger partial charge in [-0.05, 0) is 35.0 Å². The van der Waals surface area contributed by atoms with Crippen molar-refractivity contribution in [3.8, 4) is 5.88 Å². The lowest BCUT2D eigenvalue weighted by atomic mass is 9.67. The van der Waals surface area contributed by atoms with Gasteiger partial charge in [0.25, 0.3) is 0 Å². The van der Waals surface area contributed by atoms with E-state index in [2.05, 4.69) is 20.9 Å². The maximum Gasteiger partial charge on any atom is 0.226 e. The molecule has 2 nitrogen and oxygen atoms in total. The van der Waals surface area contributed by atoms with Crippen molar-refractivity contribution in [1.82, 2.24) is 4.98 Å². The summed E-state index contributed by atoms with van der Waals surface area (Å²) in [6, 6.07) is 3.58. The summed E-state index contributed by atoms with van der Waals surface area (Å²) in [6.07, 6.45) is 1.60. The van der Waals surface area contributed by atoms with E-state index >= 15 is 0 Å². The number of hydrogen-bond donors (Lipinski definition) is 0. The van der Waals surface area contributed by atoms with Crippen molar-refractivity contribution in [3.63, 3.8) is 0 Å². The number of ether oxygens (including phenoxy) is 1. The normalized spacial score (nSPS) is 11.2. The second-order valence-electron chi connectivity index (χ2n) is 2.58. The highest BCUT2D eigenvalue weighted by atomic mass is 79.9. The molecule has 0 saturated carbocycles. The summed E-state index contributed by atoms with van der Waals surface area (Å²) in [5, 5.41) is -1.20. The molecule has 1 aromatic heterocycles. The Morgan fingerprint density at radius 3 is 2.75 bits per heavy atom. The highest BCUT2D eigenvalue weighted by Crippen LogP contribution is 2.22. The number of halogens is 1. The summed E-state index contributed by atoms with van der Waals surface area (Å²) in [6.45, 7) is 1.55. The Labute approximate surface area is 82.7 Å². The van der Waals surface area contributed by atoms with Crippen LogP contribution in [0.15, 0.2) is 22.8 Å². The van der Waals surface area contributed by atoms with Gasteiger partial charge in [-0.3, -0.25) is 0 Å². The third-order valence-corrected chi connectivity index (χ3v) is 1.64. The Morgan fingerprint density at radius 2 is 2.25 bits per heavy atom. The molecule has 0 atom stereocenters. The zero-order valence-electron chi connectivity index (χ0n) is 6.62. The summed E-state index contributed by atoms with van der Waals surface area (Å²) >= 11 is 3.25. The van der Waals surface area contributed by atoms with E-state index in [1.165, 1.54) is 0 Å². The molecular weight excluding hydrogens is 216 g/mol. The fourth-order valence-corrected chi connectivity index (χ4v) is 0.991. The Morgan fingerprint density at radius 1 is 1.58 bits per heavy atom. The standard InChI is InChI=1S/C7H6B2BrNO/c1-7(8,9)12-6-5(10)3-2-4-11-6/h2-4H,1H3. The Hall–Kier alpha value is -0.440. The van der Waals surface area contributed by atoms with Crippen LogP contribution in [0.3, 0.4) is 0 Å². The second kappa shape index (κ2) is 3.52. The Balaban J connectivity index is 2.83. The first kappa shape index (κ1) is 9.65. The highest BCUT2D eigenvalue weighted by molar-refractivity contribution is 9.10. The molecule has 1 rings (SSSR count). The molecule has 5 heteroatoms. The van der Waals surface area contributed by atoms with Gasteiger partial charge in [0.2, 0.25) is 5.88 Å². The minimum atomic E-state index is -1.20. The summed E-state index contributed by atoms with van der Waals surface area (Å²) in [5.41, 5.74) is 0. The molecule has 12 heavy (non-hydrogen) atoms. The molecule has 0 aliphatic carbocycles. The van der Waals surface area contributed by atoms with E-state index in [0.29, 0.717) is 5.88 Å². The zero-order chi connectivity index (χ0) is 9.19. The number of nitrogens with zero attached hydrogens (tertiary/aromatic N) is 1. The third kappa shape index (κ3) is 2.89. The van der Waals surface area contributed by atoms with Gasteiger partial charge in [-0.2, -0.15) is 0 Å². The van der Waals surface area contributed by atoms with Crippen LogP contribution in [0.2, 0.25) is 0 Å². The van der Waals surface area contributed by atoms with Crippen molar-refractivity contribution in [2.45, 2.75) is 12.3 Å². The van der Waals surface area contributed by atoms with Crippen LogP contribution in [-0.4, -0.2) is 26.1 Å². The first-order valence-electron chi connectivity index (χ1n) is 3.36. The third-order valence-electron chi connectivity index (χ3n) is 1.04. The van der Waals surface area contributed by atoms with Crippen LogP contribution in [-0.2, 0) is 0 Å². The van der Waals surface area contributed by atoms with Crippen molar-refractivity contribution in [3.05, 3.63) is 22.8 Å². The Bertz CT molecular complexity index is 274. The first-order chi connectivity index (χ1) is 5.49. The SMILES string of the molecule is [B]C([B])(C)Oc1ncccc1Br. The molecule has 0 amide bonds. The van der Waals surface area contributed by atoms with Crippen molar-refractivity contribution in [2.24, 2.45) is 0 Å². The van der Waals surface area contributed by atoms with Gasteiger partial charge in [-0.25, -0.2) is 4.98 Å². The molecule has 0 aliphatic heterocycles. The lowest BCUT2D eigenvalue weighted by Crippen LogP contribution is -2.33. The molecular formula is C7H6B2BrNO. The average molecular weight is 222 g/mol. The van der Waals surface area contributed by atoms with Crippen LogP contribution in [0.4, 0.5) is 0 Å². The van der Waals surface area contributed by atoms with E-state index in [-0.39, 0.29) is 0 Å². The van der Waals surface area contributed by atoms with E-state index in [1.807, 2.05) is 0 Å². The molecule has 0 unspecified atom stereocenters. The molecule has 0 spiro atoms. The maximum atomic E-state index is 5.43. The molecule has 1 heterocycles. The van der Waals surface area contributed by atoms with E-state index in [4.69, 9.17) is 20.4 Å². The number of hydrogen-bond acceptors (Lipinski definition) is 2. The van der Waals surface area contributed by atoms with E-state index < -0.39 is 5.40 Å². The lowest BCUT2D eigenvalue weighted by Gasteiger charge is -2.22. The summed E-state index contributed by atoms with van der Waals surface area (Å²) in [7, 11) is 10.9. The molecule has 4 radical (unpaired) electrons. The molecule has 0 aliphatic rings. The molecule has 0 fully saturated rings. The minimum absolute atomic E-state index is 0.394. The van der Waals surface area contributed by atoms with Crippen molar-refractivity contribution in [1.29, 1.82) is 0 Å². The van der Waals surface area contributed by atoms with Gasteiger partial charge in [0.05, 0.1) is 4.47 Å². The maximum absolute atomic E-state index is 5.43. The fraction of sp³-hybridized carbons (Fsp3) is 0.286. The number of pyridine rings is 1. The summed E-state index contributed by atoms with van der Waals surface area (Å²) in [4.78, 5) is 3.93. The smallest absolute Gasteiger partial charge is 0.226 e. The Kier molecular flexibility index (Phi) is 2.83. The fourth-order valence-electron chi connectivity index (χ4n) is 0.655. The molecule has 0 bridgehead atoms. The van der Waals surface area contributed by atoms with Crippen molar-refractivity contribution in [2.75, 3.05) is 0 Å². The number of rotatable bonds is 2. The zero-order valence-corrected chi connectivity index (χ0v) is 8.21. The molecule has 0 saturated heterocycles. The highest BCUT2D eigenvalue weighted by Gasteiger charge is 2.13. The van der Waals surface area contributed by atoms with Crippen molar-refractivity contribution >= 4 is 31.6 Å². The number of aromatic nitrogens is 1. The van der Waals surface area contributed by atoms with Crippen LogP contribution in [0, 0.1) is 0 Å². The van der Waals surface area contributed by atoms with Crippen LogP contribution < -0.4 is 4.74 Å². The monoisotopic (exact) mass is 221 g/mol. The van der Waals surface area contributed by atoms with E-state index in [0.717, 1.165) is 4.47 Å². The van der Waals surface area contributed by atoms with E-state index in [9.17, 15) is 0 Å². The summed E-state index contributed by atoms with van der Waals surface area (Å²) in [5.74, 6) is 0.394. The molecule has 58 valence electrons. The average Bonchev–Trinajstić information content (AvgIpc) is 1.91. The van der Waals surface area contributed by atoms with Gasteiger partial charge in [0, 0.05) is 11.6 Å². The predicted molar refractivity (Wildman–Crippen MR) is 52.5 cm³/mol. The van der Waals surface area contributed by atoms with Crippen LogP contribution >= 0.6 is 15.9 Å². The predicted octanol–water partition coefficient (Wildman–Crippen LogP) is 1.23. The van der Waals surface area contributed by atoms with Gasteiger partial charge in [-0.15, -0.1) is 0 Å². The topological polar surface area (TPSA) is 22.1 Å². The lowest BCUT2D eigenvalue weighted by molar-refractivity contribution is 0.248. The van der Waals surface area contributed by atoms with Gasteiger partial charge in [0.15, 0.2) is 0 Å². The van der Waals surface area contributed by atoms with Gasteiger partial charge >= 0.3 is 0 Å². The van der Waals surface area contributed by atoms with Gasteiger partial charge in [0.1, 0.15) is 15.7 Å². The summed E-state index contributed by atoms with van der Waals surface area (Å²) < 4.78 is 5.86. The van der Waals surface area contributed by atoms with Crippen molar-refractivity contribution < 1.29 is 4.74 Å². The first-order valence-corrected chi connectivity index (χ1v) is 4.15. The van der Waals surface area contributed by atoms with Gasteiger partial charge < -0.3 is 4.74 Å². The van der Waals surface area contributed by atoms with Crippen LogP contribution in [0.5, 0.6) is 5.88 Å². The largest absolute Gasteiger partial charge is 0.491 e. The van der Waals surface area contributed by atoms with Crippen LogP contribution in [0.25, 0.3) is 0 Å². The van der Waals surface area contributed by atoms with E-state index in [1.54, 1.807) is 25.3 Å².